The normalized spacial score (nSPS) is 18.0. The highest BCUT2D eigenvalue weighted by Crippen LogP contribution is 2.41. The number of tetrazole rings is 1. The number of hydrogen-bond donors (Lipinski definition) is 2. The fourth-order valence-corrected chi connectivity index (χ4v) is 4.35. The molecule has 0 spiro atoms. The van der Waals surface area contributed by atoms with Gasteiger partial charge in [0.25, 0.3) is 5.91 Å². The molecule has 0 saturated heterocycles. The summed E-state index contributed by atoms with van der Waals surface area (Å²) in [5.41, 5.74) is 1.04. The van der Waals surface area contributed by atoms with Gasteiger partial charge in [0.15, 0.2) is 23.4 Å². The number of nitrogens with zero attached hydrogens (tertiary/aromatic N) is 3. The second kappa shape index (κ2) is 9.89. The molecule has 1 saturated carbocycles. The first-order valence-corrected chi connectivity index (χ1v) is 11.5. The van der Waals surface area contributed by atoms with Crippen molar-refractivity contribution in [3.8, 4) is 17.2 Å². The third kappa shape index (κ3) is 5.08. The van der Waals surface area contributed by atoms with Gasteiger partial charge in [0.05, 0.1) is 12.3 Å². The van der Waals surface area contributed by atoms with Crippen LogP contribution >= 0.6 is 0 Å². The summed E-state index contributed by atoms with van der Waals surface area (Å²) >= 11 is 0. The number of amides is 1. The Morgan fingerprint density at radius 3 is 2.76 bits per heavy atom. The Bertz CT molecular complexity index is 1060. The number of para-hydroxylation sites is 1. The Morgan fingerprint density at radius 2 is 1.97 bits per heavy atom. The Labute approximate surface area is 191 Å². The van der Waals surface area contributed by atoms with Crippen LogP contribution in [0.2, 0.25) is 0 Å². The van der Waals surface area contributed by atoms with Crippen molar-refractivity contribution >= 4 is 11.6 Å². The maximum atomic E-state index is 12.9. The summed E-state index contributed by atoms with van der Waals surface area (Å²) in [7, 11) is 0. The standard InChI is InChI=1S/C24H27N5O4/c30-24(17-9-11-18(12-10-17)31-14-13-16-5-2-1-3-6-16)25-19-7-4-8-20-22(19)33-21(15-32-20)23-26-28-29-27-23/h4,7-12,16,21H,1-3,5-6,13-15H2,(H,25,30)(H,26,27,28,29). The van der Waals surface area contributed by atoms with Gasteiger partial charge in [-0.05, 0) is 59.2 Å². The van der Waals surface area contributed by atoms with Crippen LogP contribution in [0.15, 0.2) is 42.5 Å². The molecule has 2 aromatic carbocycles. The van der Waals surface area contributed by atoms with Crippen molar-refractivity contribution in [1.82, 2.24) is 20.6 Å². The number of H-pyrrole nitrogens is 1. The molecule has 0 radical (unpaired) electrons. The fourth-order valence-electron chi connectivity index (χ4n) is 4.35. The van der Waals surface area contributed by atoms with E-state index in [1.54, 1.807) is 30.3 Å². The van der Waals surface area contributed by atoms with E-state index < -0.39 is 6.10 Å². The number of fused-ring (bicyclic) bond motifs is 1. The van der Waals surface area contributed by atoms with E-state index in [9.17, 15) is 4.79 Å². The SMILES string of the molecule is O=C(Nc1cccc2c1OC(c1nnn[nH]1)CO2)c1ccc(OCCC2CCCCC2)cc1. The zero-order valence-corrected chi connectivity index (χ0v) is 18.3. The molecule has 0 bridgehead atoms. The summed E-state index contributed by atoms with van der Waals surface area (Å²) in [5.74, 6) is 2.77. The van der Waals surface area contributed by atoms with Gasteiger partial charge in [-0.15, -0.1) is 5.10 Å². The van der Waals surface area contributed by atoms with E-state index in [1.807, 2.05) is 12.1 Å². The first-order chi connectivity index (χ1) is 16.3. The van der Waals surface area contributed by atoms with Crippen LogP contribution < -0.4 is 19.5 Å². The second-order valence-corrected chi connectivity index (χ2v) is 8.46. The molecule has 1 fully saturated rings. The van der Waals surface area contributed by atoms with Gasteiger partial charge in [0.1, 0.15) is 12.4 Å². The lowest BCUT2D eigenvalue weighted by Gasteiger charge is -2.26. The molecule has 9 heteroatoms. The predicted octanol–water partition coefficient (Wildman–Crippen LogP) is 4.31. The number of anilines is 1. The van der Waals surface area contributed by atoms with Gasteiger partial charge in [-0.25, -0.2) is 5.10 Å². The van der Waals surface area contributed by atoms with Gasteiger partial charge in [0, 0.05) is 5.56 Å². The highest BCUT2D eigenvalue weighted by atomic mass is 16.6. The molecular formula is C24H27N5O4. The van der Waals surface area contributed by atoms with Crippen LogP contribution in [-0.4, -0.2) is 39.7 Å². The van der Waals surface area contributed by atoms with E-state index in [4.69, 9.17) is 14.2 Å². The van der Waals surface area contributed by atoms with E-state index in [-0.39, 0.29) is 12.5 Å². The molecule has 2 N–H and O–H groups in total. The molecule has 1 unspecified atom stereocenters. The third-order valence-corrected chi connectivity index (χ3v) is 6.18. The van der Waals surface area contributed by atoms with Gasteiger partial charge in [-0.2, -0.15) is 0 Å². The Kier molecular flexibility index (Phi) is 6.37. The molecule has 33 heavy (non-hydrogen) atoms. The molecule has 5 rings (SSSR count). The van der Waals surface area contributed by atoms with Gasteiger partial charge in [-0.1, -0.05) is 38.2 Å². The lowest BCUT2D eigenvalue weighted by atomic mass is 9.87. The van der Waals surface area contributed by atoms with Crippen molar-refractivity contribution in [2.45, 2.75) is 44.6 Å². The van der Waals surface area contributed by atoms with Crippen molar-refractivity contribution in [2.24, 2.45) is 5.92 Å². The molecule has 2 aliphatic rings. The minimum Gasteiger partial charge on any atom is -0.494 e. The number of hydrogen-bond acceptors (Lipinski definition) is 7. The van der Waals surface area contributed by atoms with Gasteiger partial charge in [0.2, 0.25) is 0 Å². The summed E-state index contributed by atoms with van der Waals surface area (Å²) in [6.45, 7) is 0.981. The van der Waals surface area contributed by atoms with Crippen LogP contribution in [0.25, 0.3) is 0 Å². The molecule has 2 heterocycles. The summed E-state index contributed by atoms with van der Waals surface area (Å²) in [4.78, 5) is 12.9. The van der Waals surface area contributed by atoms with Crippen molar-refractivity contribution in [1.29, 1.82) is 0 Å². The molecule has 1 amide bonds. The first kappa shape index (κ1) is 21.2. The molecule has 1 atom stereocenters. The highest BCUT2D eigenvalue weighted by molar-refractivity contribution is 6.05. The van der Waals surface area contributed by atoms with Gasteiger partial charge in [-0.3, -0.25) is 4.79 Å². The third-order valence-electron chi connectivity index (χ3n) is 6.18. The first-order valence-electron chi connectivity index (χ1n) is 11.5. The maximum Gasteiger partial charge on any atom is 0.255 e. The van der Waals surface area contributed by atoms with E-state index in [0.717, 1.165) is 18.1 Å². The second-order valence-electron chi connectivity index (χ2n) is 8.46. The Morgan fingerprint density at radius 1 is 1.12 bits per heavy atom. The Hall–Kier alpha value is -3.62. The van der Waals surface area contributed by atoms with E-state index in [2.05, 4.69) is 25.9 Å². The summed E-state index contributed by atoms with van der Waals surface area (Å²) < 4.78 is 17.7. The number of rotatable bonds is 7. The van der Waals surface area contributed by atoms with Crippen molar-refractivity contribution in [3.05, 3.63) is 53.9 Å². The lowest BCUT2D eigenvalue weighted by Crippen LogP contribution is -2.24. The molecule has 1 aliphatic carbocycles. The van der Waals surface area contributed by atoms with Crippen LogP contribution in [0.3, 0.4) is 0 Å². The van der Waals surface area contributed by atoms with Gasteiger partial charge >= 0.3 is 0 Å². The number of aromatic nitrogens is 4. The van der Waals surface area contributed by atoms with E-state index in [0.29, 0.717) is 35.2 Å². The molecule has 1 aliphatic heterocycles. The van der Waals surface area contributed by atoms with Crippen LogP contribution in [0.5, 0.6) is 17.2 Å². The number of ether oxygens (including phenoxy) is 3. The van der Waals surface area contributed by atoms with Crippen LogP contribution in [0.4, 0.5) is 5.69 Å². The van der Waals surface area contributed by atoms with Crippen molar-refractivity contribution in [3.63, 3.8) is 0 Å². The summed E-state index contributed by atoms with van der Waals surface area (Å²) in [5, 5.41) is 16.6. The van der Waals surface area contributed by atoms with Crippen molar-refractivity contribution < 1.29 is 19.0 Å². The average Bonchev–Trinajstić information content (AvgIpc) is 3.40. The topological polar surface area (TPSA) is 111 Å². The molecule has 172 valence electrons. The van der Waals surface area contributed by atoms with E-state index in [1.165, 1.54) is 32.1 Å². The summed E-state index contributed by atoms with van der Waals surface area (Å²) in [6, 6.07) is 12.6. The largest absolute Gasteiger partial charge is 0.494 e. The van der Waals surface area contributed by atoms with Crippen LogP contribution in [0.1, 0.15) is 60.8 Å². The number of benzene rings is 2. The zero-order chi connectivity index (χ0) is 22.5. The minimum absolute atomic E-state index is 0.246. The molecule has 1 aromatic heterocycles. The monoisotopic (exact) mass is 449 g/mol. The molecular weight excluding hydrogens is 422 g/mol. The minimum atomic E-state index is -0.490. The zero-order valence-electron chi connectivity index (χ0n) is 18.3. The lowest BCUT2D eigenvalue weighted by molar-refractivity contribution is 0.0856. The fraction of sp³-hybridized carbons (Fsp3) is 0.417. The van der Waals surface area contributed by atoms with Crippen LogP contribution in [0, 0.1) is 5.92 Å². The number of nitrogens with one attached hydrogen (secondary N) is 2. The predicted molar refractivity (Wildman–Crippen MR) is 121 cm³/mol. The maximum absolute atomic E-state index is 12.9. The highest BCUT2D eigenvalue weighted by Gasteiger charge is 2.28. The number of carbonyl (C=O) groups excluding carboxylic acids is 1. The van der Waals surface area contributed by atoms with E-state index >= 15 is 0 Å². The number of aromatic amines is 1. The van der Waals surface area contributed by atoms with Crippen molar-refractivity contribution in [2.75, 3.05) is 18.5 Å². The average molecular weight is 450 g/mol. The van der Waals surface area contributed by atoms with Crippen LogP contribution in [-0.2, 0) is 0 Å². The smallest absolute Gasteiger partial charge is 0.255 e. The molecule has 9 nitrogen and oxygen atoms in total. The molecule has 3 aromatic rings. The van der Waals surface area contributed by atoms with Gasteiger partial charge < -0.3 is 19.5 Å². The summed E-state index contributed by atoms with van der Waals surface area (Å²) in [6.07, 6.45) is 7.28. The number of carbonyl (C=O) groups is 1. The Balaban J connectivity index is 1.19. The quantitative estimate of drug-likeness (QED) is 0.553.